The molecule has 0 bridgehead atoms. The number of benzene rings is 1. The molecule has 0 radical (unpaired) electrons. The molecule has 0 saturated heterocycles. The van der Waals surface area contributed by atoms with Crippen LogP contribution in [-0.2, 0) is 0 Å². The average molecular weight is 359 g/mol. The number of amides is 1. The number of nitrogens with two attached hydrogens (primary N) is 1. The molecule has 7 heteroatoms. The number of carbonyl (C=O) groups excluding carboxylic acids is 1. The van der Waals surface area contributed by atoms with Crippen molar-refractivity contribution in [2.45, 2.75) is 0 Å². The van der Waals surface area contributed by atoms with Gasteiger partial charge in [0.15, 0.2) is 0 Å². The Labute approximate surface area is 126 Å². The molecule has 0 atom stereocenters. The van der Waals surface area contributed by atoms with E-state index in [1.165, 1.54) is 29.5 Å². The molecule has 0 unspecified atom stereocenters. The largest absolute Gasteiger partial charge is 0.389 e. The van der Waals surface area contributed by atoms with Crippen LogP contribution in [-0.4, -0.2) is 10.9 Å². The highest BCUT2D eigenvalue weighted by molar-refractivity contribution is 9.11. The first-order valence-corrected chi connectivity index (χ1v) is 7.15. The Morgan fingerprint density at radius 1 is 1.37 bits per heavy atom. The minimum atomic E-state index is -0.459. The normalized spacial score (nSPS) is 10.2. The summed E-state index contributed by atoms with van der Waals surface area (Å²) in [5.41, 5.74) is 6.21. The highest BCUT2D eigenvalue weighted by atomic mass is 79.9. The van der Waals surface area contributed by atoms with Gasteiger partial charge in [-0.05, 0) is 46.3 Å². The Hall–Kier alpha value is -1.31. The molecule has 2 aromatic rings. The number of thiocarbonyl (C=S) groups is 1. The van der Waals surface area contributed by atoms with Gasteiger partial charge in [0.1, 0.15) is 10.8 Å². The highest BCUT2D eigenvalue weighted by Gasteiger charge is 2.13. The van der Waals surface area contributed by atoms with Crippen molar-refractivity contribution < 1.29 is 9.18 Å². The zero-order chi connectivity index (χ0) is 14.0. The molecule has 1 aromatic carbocycles. The zero-order valence-corrected chi connectivity index (χ0v) is 12.7. The molecule has 0 aliphatic heterocycles. The number of nitrogens with one attached hydrogen (secondary N) is 1. The summed E-state index contributed by atoms with van der Waals surface area (Å²) < 4.78 is 14.0. The van der Waals surface area contributed by atoms with Crippen molar-refractivity contribution in [1.82, 2.24) is 0 Å². The Bertz CT molecular complexity index is 657. The monoisotopic (exact) mass is 358 g/mol. The van der Waals surface area contributed by atoms with E-state index in [0.717, 1.165) is 3.79 Å². The van der Waals surface area contributed by atoms with E-state index in [1.54, 1.807) is 12.1 Å². The van der Waals surface area contributed by atoms with Gasteiger partial charge in [-0.2, -0.15) is 0 Å². The van der Waals surface area contributed by atoms with Crippen LogP contribution in [0.4, 0.5) is 10.1 Å². The van der Waals surface area contributed by atoms with Crippen LogP contribution in [0.5, 0.6) is 0 Å². The van der Waals surface area contributed by atoms with Gasteiger partial charge >= 0.3 is 0 Å². The fourth-order valence-corrected chi connectivity index (χ4v) is 2.90. The molecule has 0 aliphatic carbocycles. The van der Waals surface area contributed by atoms with E-state index < -0.39 is 5.82 Å². The summed E-state index contributed by atoms with van der Waals surface area (Å²) >= 11 is 9.42. The summed E-state index contributed by atoms with van der Waals surface area (Å²) in [6.07, 6.45) is 0. The average Bonchev–Trinajstić information content (AvgIpc) is 2.78. The van der Waals surface area contributed by atoms with Crippen LogP contribution >= 0.6 is 39.5 Å². The molecular weight excluding hydrogens is 351 g/mol. The van der Waals surface area contributed by atoms with Crippen molar-refractivity contribution in [3.8, 4) is 0 Å². The highest BCUT2D eigenvalue weighted by Crippen LogP contribution is 2.24. The maximum absolute atomic E-state index is 13.1. The first-order valence-electron chi connectivity index (χ1n) is 5.13. The standard InChI is InChI=1S/C12H8BrFN2OS2/c13-10-4-3-9(19-10)12(17)16-8-2-1-6(14)5-7(8)11(15)18/h1-5H,(H2,15,18)(H,16,17). The second kappa shape index (κ2) is 5.77. The SMILES string of the molecule is NC(=S)c1cc(F)ccc1NC(=O)c1ccc(Br)s1. The molecule has 98 valence electrons. The summed E-state index contributed by atoms with van der Waals surface area (Å²) in [6.45, 7) is 0. The summed E-state index contributed by atoms with van der Waals surface area (Å²) in [5, 5.41) is 2.67. The van der Waals surface area contributed by atoms with Crippen molar-refractivity contribution in [2.24, 2.45) is 5.73 Å². The lowest BCUT2D eigenvalue weighted by molar-refractivity contribution is 0.103. The van der Waals surface area contributed by atoms with Crippen molar-refractivity contribution in [3.63, 3.8) is 0 Å². The quantitative estimate of drug-likeness (QED) is 0.825. The fraction of sp³-hybridized carbons (Fsp3) is 0. The number of thiophene rings is 1. The maximum Gasteiger partial charge on any atom is 0.265 e. The molecule has 3 N–H and O–H groups in total. The first-order chi connectivity index (χ1) is 8.97. The zero-order valence-electron chi connectivity index (χ0n) is 9.44. The Kier molecular flexibility index (Phi) is 4.28. The lowest BCUT2D eigenvalue weighted by Crippen LogP contribution is -2.17. The number of hydrogen-bond donors (Lipinski definition) is 2. The van der Waals surface area contributed by atoms with E-state index in [0.29, 0.717) is 16.1 Å². The van der Waals surface area contributed by atoms with Crippen LogP contribution in [0.3, 0.4) is 0 Å². The molecule has 19 heavy (non-hydrogen) atoms. The summed E-state index contributed by atoms with van der Waals surface area (Å²) in [7, 11) is 0. The molecule has 3 nitrogen and oxygen atoms in total. The van der Waals surface area contributed by atoms with Crippen LogP contribution in [0.25, 0.3) is 0 Å². The number of halogens is 2. The Morgan fingerprint density at radius 2 is 2.11 bits per heavy atom. The van der Waals surface area contributed by atoms with Crippen LogP contribution in [0.1, 0.15) is 15.2 Å². The lowest BCUT2D eigenvalue weighted by Gasteiger charge is -2.09. The van der Waals surface area contributed by atoms with Crippen LogP contribution in [0.2, 0.25) is 0 Å². The molecule has 1 amide bonds. The van der Waals surface area contributed by atoms with Gasteiger partial charge in [-0.1, -0.05) is 12.2 Å². The van der Waals surface area contributed by atoms with Gasteiger partial charge in [0.25, 0.3) is 5.91 Å². The van der Waals surface area contributed by atoms with Gasteiger partial charge in [-0.25, -0.2) is 4.39 Å². The second-order valence-electron chi connectivity index (χ2n) is 3.61. The van der Waals surface area contributed by atoms with Gasteiger partial charge in [0.05, 0.1) is 14.4 Å². The molecule has 1 aromatic heterocycles. The summed E-state index contributed by atoms with van der Waals surface area (Å²) in [6, 6.07) is 7.33. The van der Waals surface area contributed by atoms with E-state index in [9.17, 15) is 9.18 Å². The fourth-order valence-electron chi connectivity index (χ4n) is 1.45. The number of carbonyl (C=O) groups is 1. The van der Waals surface area contributed by atoms with Gasteiger partial charge in [-0.15, -0.1) is 11.3 Å². The maximum atomic E-state index is 13.1. The first kappa shape index (κ1) is 14.1. The minimum Gasteiger partial charge on any atom is -0.389 e. The van der Waals surface area contributed by atoms with Crippen molar-refractivity contribution in [2.75, 3.05) is 5.32 Å². The van der Waals surface area contributed by atoms with Crippen LogP contribution in [0.15, 0.2) is 34.1 Å². The molecule has 2 rings (SSSR count). The van der Waals surface area contributed by atoms with E-state index >= 15 is 0 Å². The smallest absolute Gasteiger partial charge is 0.265 e. The Balaban J connectivity index is 2.28. The third kappa shape index (κ3) is 3.37. The number of rotatable bonds is 3. The van der Waals surface area contributed by atoms with Crippen molar-refractivity contribution >= 4 is 56.1 Å². The van der Waals surface area contributed by atoms with E-state index in [-0.39, 0.29) is 10.9 Å². The Morgan fingerprint density at radius 3 is 2.68 bits per heavy atom. The van der Waals surface area contributed by atoms with Crippen LogP contribution in [0, 0.1) is 5.82 Å². The van der Waals surface area contributed by atoms with E-state index in [1.807, 2.05) is 0 Å². The van der Waals surface area contributed by atoms with E-state index in [2.05, 4.69) is 21.2 Å². The minimum absolute atomic E-state index is 0.0298. The van der Waals surface area contributed by atoms with Crippen molar-refractivity contribution in [3.05, 3.63) is 50.4 Å². The van der Waals surface area contributed by atoms with Crippen LogP contribution < -0.4 is 11.1 Å². The lowest BCUT2D eigenvalue weighted by atomic mass is 10.1. The van der Waals surface area contributed by atoms with E-state index in [4.69, 9.17) is 18.0 Å². The topological polar surface area (TPSA) is 55.1 Å². The third-order valence-electron chi connectivity index (χ3n) is 2.29. The molecule has 0 fully saturated rings. The van der Waals surface area contributed by atoms with Gasteiger partial charge in [0, 0.05) is 5.56 Å². The predicted molar refractivity (Wildman–Crippen MR) is 82.3 cm³/mol. The molecule has 0 aliphatic rings. The summed E-state index contributed by atoms with van der Waals surface area (Å²) in [5.74, 6) is -0.750. The molecular formula is C12H8BrFN2OS2. The van der Waals surface area contributed by atoms with Gasteiger partial charge in [-0.3, -0.25) is 4.79 Å². The third-order valence-corrected chi connectivity index (χ3v) is 4.13. The predicted octanol–water partition coefficient (Wildman–Crippen LogP) is 3.54. The molecule has 1 heterocycles. The molecule has 0 spiro atoms. The molecule has 0 saturated carbocycles. The number of anilines is 1. The van der Waals surface area contributed by atoms with Crippen molar-refractivity contribution in [1.29, 1.82) is 0 Å². The summed E-state index contributed by atoms with van der Waals surface area (Å²) in [4.78, 5) is 12.6. The number of hydrogen-bond acceptors (Lipinski definition) is 3. The second-order valence-corrected chi connectivity index (χ2v) is 6.51. The van der Waals surface area contributed by atoms with Gasteiger partial charge < -0.3 is 11.1 Å². The van der Waals surface area contributed by atoms with Gasteiger partial charge in [0.2, 0.25) is 0 Å².